The van der Waals surface area contributed by atoms with E-state index in [0.717, 1.165) is 61.8 Å². The molecule has 1 atom stereocenters. The lowest BCUT2D eigenvalue weighted by Gasteiger charge is -2.35. The molecule has 10 heteroatoms. The number of fused-ring (bicyclic) bond motifs is 1. The molecule has 1 saturated heterocycles. The monoisotopic (exact) mass is 570 g/mol. The molecule has 0 bridgehead atoms. The van der Waals surface area contributed by atoms with Gasteiger partial charge in [0.2, 0.25) is 0 Å². The first-order valence-corrected chi connectivity index (χ1v) is 11.5. The van der Waals surface area contributed by atoms with Gasteiger partial charge in [0.25, 0.3) is 0 Å². The Morgan fingerprint density at radius 1 is 1.25 bits per heavy atom. The van der Waals surface area contributed by atoms with E-state index in [4.69, 9.17) is 14.5 Å². The van der Waals surface area contributed by atoms with E-state index in [-0.39, 0.29) is 30.0 Å². The van der Waals surface area contributed by atoms with E-state index in [1.165, 1.54) is 5.56 Å². The Morgan fingerprint density at radius 2 is 2.03 bits per heavy atom. The molecule has 4 rings (SSSR count). The van der Waals surface area contributed by atoms with Crippen LogP contribution in [0, 0.1) is 0 Å². The fraction of sp³-hybridized carbons (Fsp3) is 0.455. The highest BCUT2D eigenvalue weighted by Crippen LogP contribution is 2.23. The Hall–Kier alpha value is -1.89. The molecule has 3 aromatic rings. The van der Waals surface area contributed by atoms with Crippen molar-refractivity contribution in [3.8, 4) is 5.75 Å². The van der Waals surface area contributed by atoms with Gasteiger partial charge in [-0.25, -0.2) is 9.98 Å². The van der Waals surface area contributed by atoms with Gasteiger partial charge in [0, 0.05) is 44.0 Å². The molecule has 2 aromatic heterocycles. The quantitative estimate of drug-likeness (QED) is 0.246. The number of rotatable bonds is 8. The van der Waals surface area contributed by atoms with Crippen molar-refractivity contribution in [1.29, 1.82) is 0 Å². The van der Waals surface area contributed by atoms with Crippen LogP contribution in [0.5, 0.6) is 5.75 Å². The molecule has 0 spiro atoms. The molecular weight excluding hydrogens is 539 g/mol. The number of halogens is 1. The molecule has 8 nitrogen and oxygen atoms in total. The van der Waals surface area contributed by atoms with Gasteiger partial charge >= 0.3 is 0 Å². The van der Waals surface area contributed by atoms with Crippen LogP contribution < -0.4 is 15.4 Å². The number of guanidine groups is 1. The topological polar surface area (TPSA) is 75.4 Å². The van der Waals surface area contributed by atoms with E-state index < -0.39 is 0 Å². The first-order valence-electron chi connectivity index (χ1n) is 10.7. The summed E-state index contributed by atoms with van der Waals surface area (Å²) in [4.78, 5) is 12.8. The predicted molar refractivity (Wildman–Crippen MR) is 139 cm³/mol. The van der Waals surface area contributed by atoms with Crippen LogP contribution in [0.25, 0.3) is 4.96 Å². The minimum Gasteiger partial charge on any atom is -0.497 e. The van der Waals surface area contributed by atoms with Crippen LogP contribution in [0.3, 0.4) is 0 Å². The van der Waals surface area contributed by atoms with E-state index in [1.807, 2.05) is 34.3 Å². The SMILES string of the molecule is CCNC(=NCc1cn2ccsc2n1)NCC(c1ccc(OC)cc1)N1CCOCC1.I. The largest absolute Gasteiger partial charge is 0.497 e. The molecule has 174 valence electrons. The summed E-state index contributed by atoms with van der Waals surface area (Å²) >= 11 is 1.63. The summed E-state index contributed by atoms with van der Waals surface area (Å²) in [5.41, 5.74) is 2.21. The van der Waals surface area contributed by atoms with Crippen molar-refractivity contribution in [2.75, 3.05) is 46.5 Å². The summed E-state index contributed by atoms with van der Waals surface area (Å²) in [5, 5.41) is 8.92. The maximum Gasteiger partial charge on any atom is 0.193 e. The van der Waals surface area contributed by atoms with E-state index in [1.54, 1.807) is 18.4 Å². The second-order valence-electron chi connectivity index (χ2n) is 7.34. The maximum atomic E-state index is 5.57. The van der Waals surface area contributed by atoms with Crippen LogP contribution in [-0.2, 0) is 11.3 Å². The maximum absolute atomic E-state index is 5.57. The van der Waals surface area contributed by atoms with Gasteiger partial charge < -0.3 is 20.1 Å². The van der Waals surface area contributed by atoms with Gasteiger partial charge in [-0.1, -0.05) is 12.1 Å². The number of aliphatic imine (C=N–C) groups is 1. The first-order chi connectivity index (χ1) is 15.3. The highest BCUT2D eigenvalue weighted by Gasteiger charge is 2.23. The first kappa shape index (κ1) is 24.7. The van der Waals surface area contributed by atoms with E-state index >= 15 is 0 Å². The number of ether oxygens (including phenoxy) is 2. The molecular formula is C22H31IN6O2S. The predicted octanol–water partition coefficient (Wildman–Crippen LogP) is 3.15. The zero-order valence-corrected chi connectivity index (χ0v) is 21.6. The van der Waals surface area contributed by atoms with Gasteiger partial charge in [-0.05, 0) is 24.6 Å². The number of thiazole rings is 1. The number of aromatic nitrogens is 2. The summed E-state index contributed by atoms with van der Waals surface area (Å²) in [5.74, 6) is 1.66. The Balaban J connectivity index is 0.00000289. The molecule has 0 radical (unpaired) electrons. The standard InChI is InChI=1S/C22H30N6O2S.HI/c1-3-23-21(24-14-18-16-28-10-13-31-22(28)26-18)25-15-20(27-8-11-30-12-9-27)17-4-6-19(29-2)7-5-17;/h4-7,10,13,16,20H,3,8-9,11-12,14-15H2,1-2H3,(H2,23,24,25);1H. The minimum absolute atomic E-state index is 0. The Morgan fingerprint density at radius 3 is 2.72 bits per heavy atom. The lowest BCUT2D eigenvalue weighted by atomic mass is 10.0. The molecule has 1 aliphatic rings. The zero-order valence-electron chi connectivity index (χ0n) is 18.5. The number of methoxy groups -OCH3 is 1. The molecule has 1 aliphatic heterocycles. The number of hydrogen-bond donors (Lipinski definition) is 2. The number of imidazole rings is 1. The summed E-state index contributed by atoms with van der Waals surface area (Å²) in [6.07, 6.45) is 4.05. The molecule has 3 heterocycles. The lowest BCUT2D eigenvalue weighted by molar-refractivity contribution is 0.0170. The van der Waals surface area contributed by atoms with E-state index in [0.29, 0.717) is 6.54 Å². The number of nitrogens with zero attached hydrogens (tertiary/aromatic N) is 4. The van der Waals surface area contributed by atoms with Crippen molar-refractivity contribution in [1.82, 2.24) is 24.9 Å². The molecule has 0 saturated carbocycles. The fourth-order valence-corrected chi connectivity index (χ4v) is 4.44. The fourth-order valence-electron chi connectivity index (χ4n) is 3.72. The number of hydrogen-bond acceptors (Lipinski definition) is 6. The third-order valence-corrected chi connectivity index (χ3v) is 6.11. The highest BCUT2D eigenvalue weighted by molar-refractivity contribution is 14.0. The molecule has 2 N–H and O–H groups in total. The van der Waals surface area contributed by atoms with Gasteiger partial charge in [0.15, 0.2) is 10.9 Å². The third-order valence-electron chi connectivity index (χ3n) is 5.34. The van der Waals surface area contributed by atoms with Crippen molar-refractivity contribution in [2.24, 2.45) is 4.99 Å². The van der Waals surface area contributed by atoms with Gasteiger partial charge in [-0.3, -0.25) is 9.30 Å². The van der Waals surface area contributed by atoms with Gasteiger partial charge in [-0.2, -0.15) is 0 Å². The molecule has 1 unspecified atom stereocenters. The van der Waals surface area contributed by atoms with Crippen molar-refractivity contribution in [3.63, 3.8) is 0 Å². The second-order valence-corrected chi connectivity index (χ2v) is 8.21. The highest BCUT2D eigenvalue weighted by atomic mass is 127. The molecule has 1 fully saturated rings. The smallest absolute Gasteiger partial charge is 0.193 e. The Kier molecular flexibility index (Phi) is 9.57. The average Bonchev–Trinajstić information content (AvgIpc) is 3.41. The summed E-state index contributed by atoms with van der Waals surface area (Å²) < 4.78 is 12.9. The van der Waals surface area contributed by atoms with Crippen LogP contribution >= 0.6 is 35.3 Å². The van der Waals surface area contributed by atoms with Crippen LogP contribution in [-0.4, -0.2) is 66.7 Å². The number of benzene rings is 1. The van der Waals surface area contributed by atoms with Crippen molar-refractivity contribution < 1.29 is 9.47 Å². The summed E-state index contributed by atoms with van der Waals surface area (Å²) in [6.45, 7) is 7.51. The molecule has 0 aliphatic carbocycles. The Bertz CT molecular complexity index is 955. The Labute approximate surface area is 210 Å². The third kappa shape index (κ3) is 6.33. The van der Waals surface area contributed by atoms with Crippen molar-refractivity contribution in [2.45, 2.75) is 19.5 Å². The van der Waals surface area contributed by atoms with E-state index in [2.05, 4.69) is 39.6 Å². The normalized spacial score (nSPS) is 15.9. The minimum atomic E-state index is 0. The van der Waals surface area contributed by atoms with Crippen molar-refractivity contribution in [3.05, 3.63) is 53.3 Å². The average molecular weight is 571 g/mol. The van der Waals surface area contributed by atoms with Crippen LogP contribution in [0.15, 0.2) is 47.0 Å². The number of morpholine rings is 1. The lowest BCUT2D eigenvalue weighted by Crippen LogP contribution is -2.46. The molecule has 0 amide bonds. The van der Waals surface area contributed by atoms with Crippen LogP contribution in [0.4, 0.5) is 0 Å². The van der Waals surface area contributed by atoms with Crippen LogP contribution in [0.2, 0.25) is 0 Å². The van der Waals surface area contributed by atoms with Gasteiger partial charge in [0.05, 0.1) is 38.6 Å². The summed E-state index contributed by atoms with van der Waals surface area (Å²) in [6, 6.07) is 8.54. The summed E-state index contributed by atoms with van der Waals surface area (Å²) in [7, 11) is 1.69. The van der Waals surface area contributed by atoms with Gasteiger partial charge in [-0.15, -0.1) is 35.3 Å². The van der Waals surface area contributed by atoms with Gasteiger partial charge in [0.1, 0.15) is 5.75 Å². The van der Waals surface area contributed by atoms with Crippen LogP contribution in [0.1, 0.15) is 24.2 Å². The molecule has 32 heavy (non-hydrogen) atoms. The number of nitrogens with one attached hydrogen (secondary N) is 2. The second kappa shape index (κ2) is 12.4. The van der Waals surface area contributed by atoms with E-state index in [9.17, 15) is 0 Å². The molecule has 1 aromatic carbocycles. The zero-order chi connectivity index (χ0) is 21.5. The van der Waals surface area contributed by atoms with Crippen molar-refractivity contribution >= 4 is 46.2 Å².